The fourth-order valence-corrected chi connectivity index (χ4v) is 2.62. The van der Waals surface area contributed by atoms with E-state index in [0.717, 1.165) is 0 Å². The molecule has 1 rings (SSSR count). The van der Waals surface area contributed by atoms with Gasteiger partial charge in [-0.15, -0.1) is 0 Å². The van der Waals surface area contributed by atoms with Gasteiger partial charge in [0.2, 0.25) is 15.9 Å². The summed E-state index contributed by atoms with van der Waals surface area (Å²) in [6.07, 6.45) is 0.0272. The molecule has 20 heavy (non-hydrogen) atoms. The summed E-state index contributed by atoms with van der Waals surface area (Å²) in [6, 6.07) is 3.81. The highest BCUT2D eigenvalue weighted by Gasteiger charge is 2.18. The molecule has 1 aromatic carbocycles. The molecule has 0 atom stereocenters. The van der Waals surface area contributed by atoms with Gasteiger partial charge in [-0.25, -0.2) is 13.1 Å². The zero-order valence-corrected chi connectivity index (χ0v) is 12.2. The van der Waals surface area contributed by atoms with Crippen LogP contribution in [-0.2, 0) is 14.8 Å². The minimum absolute atomic E-state index is 0.0272. The Morgan fingerprint density at radius 3 is 2.55 bits per heavy atom. The number of carbonyl (C=O) groups is 1. The lowest BCUT2D eigenvalue weighted by Crippen LogP contribution is -2.29. The van der Waals surface area contributed by atoms with Gasteiger partial charge in [0, 0.05) is 12.1 Å². The highest BCUT2D eigenvalue weighted by atomic mass is 32.2. The average Bonchev–Trinajstić information content (AvgIpc) is 2.34. The quantitative estimate of drug-likeness (QED) is 0.485. The standard InChI is InChI=1S/C12H19N3O4S/c1-8(2)19-6-5-15-20(17,18)11-4-3-9(12(14)16)7-10(11)13/h3-4,7-8,15H,5-6,13H2,1-2H3,(H2,14,16). The first-order chi connectivity index (χ1) is 9.24. The van der Waals surface area contributed by atoms with E-state index in [1.165, 1.54) is 18.2 Å². The number of nitrogen functional groups attached to an aromatic ring is 1. The molecular formula is C12H19N3O4S. The van der Waals surface area contributed by atoms with E-state index < -0.39 is 15.9 Å². The number of amides is 1. The fraction of sp³-hybridized carbons (Fsp3) is 0.417. The second kappa shape index (κ2) is 6.69. The van der Waals surface area contributed by atoms with Gasteiger partial charge in [-0.3, -0.25) is 4.79 Å². The molecule has 0 fully saturated rings. The molecule has 0 aliphatic rings. The number of nitrogens with one attached hydrogen (secondary N) is 1. The highest BCUT2D eigenvalue weighted by molar-refractivity contribution is 7.89. The number of nitrogens with two attached hydrogens (primary N) is 2. The summed E-state index contributed by atoms with van der Waals surface area (Å²) in [7, 11) is -3.74. The second-order valence-corrected chi connectivity index (χ2v) is 6.17. The highest BCUT2D eigenvalue weighted by Crippen LogP contribution is 2.19. The Morgan fingerprint density at radius 1 is 1.40 bits per heavy atom. The van der Waals surface area contributed by atoms with E-state index in [4.69, 9.17) is 16.2 Å². The maximum absolute atomic E-state index is 12.0. The van der Waals surface area contributed by atoms with Crippen LogP contribution in [0.25, 0.3) is 0 Å². The van der Waals surface area contributed by atoms with Gasteiger partial charge in [-0.1, -0.05) is 0 Å². The van der Waals surface area contributed by atoms with E-state index in [1.54, 1.807) is 0 Å². The zero-order valence-electron chi connectivity index (χ0n) is 11.4. The van der Waals surface area contributed by atoms with Crippen LogP contribution in [0.5, 0.6) is 0 Å². The van der Waals surface area contributed by atoms with Crippen molar-refractivity contribution >= 4 is 21.6 Å². The van der Waals surface area contributed by atoms with Crippen molar-refractivity contribution in [2.24, 2.45) is 5.73 Å². The van der Waals surface area contributed by atoms with Crippen LogP contribution in [0, 0.1) is 0 Å². The molecule has 5 N–H and O–H groups in total. The number of rotatable bonds is 7. The van der Waals surface area contributed by atoms with Crippen LogP contribution in [0.15, 0.2) is 23.1 Å². The van der Waals surface area contributed by atoms with E-state index in [0.29, 0.717) is 0 Å². The zero-order chi connectivity index (χ0) is 15.3. The van der Waals surface area contributed by atoms with Gasteiger partial charge >= 0.3 is 0 Å². The van der Waals surface area contributed by atoms with Gasteiger partial charge < -0.3 is 16.2 Å². The Bertz CT molecular complexity index is 584. The van der Waals surface area contributed by atoms with Gasteiger partial charge in [0.05, 0.1) is 18.4 Å². The first-order valence-corrected chi connectivity index (χ1v) is 7.53. The summed E-state index contributed by atoms with van der Waals surface area (Å²) < 4.78 is 31.6. The summed E-state index contributed by atoms with van der Waals surface area (Å²) in [5, 5.41) is 0. The minimum atomic E-state index is -3.74. The van der Waals surface area contributed by atoms with Crippen molar-refractivity contribution in [2.75, 3.05) is 18.9 Å². The molecule has 7 nitrogen and oxygen atoms in total. The van der Waals surface area contributed by atoms with E-state index in [2.05, 4.69) is 4.72 Å². The number of ether oxygens (including phenoxy) is 1. The third kappa shape index (κ3) is 4.48. The number of hydrogen-bond donors (Lipinski definition) is 3. The number of carbonyl (C=O) groups excluding carboxylic acids is 1. The van der Waals surface area contributed by atoms with Crippen LogP contribution in [0.4, 0.5) is 5.69 Å². The molecule has 0 bridgehead atoms. The molecule has 0 aromatic heterocycles. The Morgan fingerprint density at radius 2 is 2.05 bits per heavy atom. The third-order valence-corrected chi connectivity index (χ3v) is 3.96. The topological polar surface area (TPSA) is 125 Å². The SMILES string of the molecule is CC(C)OCCNS(=O)(=O)c1ccc(C(N)=O)cc1N. The van der Waals surface area contributed by atoms with E-state index in [-0.39, 0.29) is 35.4 Å². The molecular weight excluding hydrogens is 282 g/mol. The largest absolute Gasteiger partial charge is 0.398 e. The summed E-state index contributed by atoms with van der Waals surface area (Å²) in [5.41, 5.74) is 10.9. The van der Waals surface area contributed by atoms with Crippen LogP contribution in [0.2, 0.25) is 0 Å². The van der Waals surface area contributed by atoms with Crippen molar-refractivity contribution in [2.45, 2.75) is 24.8 Å². The van der Waals surface area contributed by atoms with Crippen molar-refractivity contribution in [1.29, 1.82) is 0 Å². The Kier molecular flexibility index (Phi) is 5.49. The second-order valence-electron chi connectivity index (χ2n) is 4.43. The molecule has 0 aliphatic heterocycles. The molecule has 0 aliphatic carbocycles. The lowest BCUT2D eigenvalue weighted by Gasteiger charge is -2.11. The Labute approximate surface area is 118 Å². The average molecular weight is 301 g/mol. The molecule has 0 spiro atoms. The van der Waals surface area contributed by atoms with Crippen molar-refractivity contribution < 1.29 is 17.9 Å². The molecule has 1 aromatic rings. The van der Waals surface area contributed by atoms with Crippen LogP contribution in [0.3, 0.4) is 0 Å². The van der Waals surface area contributed by atoms with Crippen molar-refractivity contribution in [3.63, 3.8) is 0 Å². The van der Waals surface area contributed by atoms with Gasteiger partial charge in [0.25, 0.3) is 0 Å². The van der Waals surface area contributed by atoms with Gasteiger partial charge in [-0.2, -0.15) is 0 Å². The predicted octanol–water partition coefficient (Wildman–Crippen LogP) is 0.0710. The molecule has 8 heteroatoms. The predicted molar refractivity (Wildman–Crippen MR) is 75.6 cm³/mol. The van der Waals surface area contributed by atoms with Crippen LogP contribution < -0.4 is 16.2 Å². The van der Waals surface area contributed by atoms with Crippen molar-refractivity contribution in [3.8, 4) is 0 Å². The summed E-state index contributed by atoms with van der Waals surface area (Å²) in [6.45, 7) is 4.11. The molecule has 0 radical (unpaired) electrons. The van der Waals surface area contributed by atoms with Crippen LogP contribution in [-0.4, -0.2) is 33.6 Å². The third-order valence-electron chi connectivity index (χ3n) is 2.43. The maximum Gasteiger partial charge on any atom is 0.248 e. The maximum atomic E-state index is 12.0. The summed E-state index contributed by atoms with van der Waals surface area (Å²) >= 11 is 0. The monoisotopic (exact) mass is 301 g/mol. The smallest absolute Gasteiger partial charge is 0.248 e. The number of benzene rings is 1. The van der Waals surface area contributed by atoms with Gasteiger partial charge in [0.1, 0.15) is 4.90 Å². The molecule has 112 valence electrons. The Balaban J connectivity index is 2.80. The minimum Gasteiger partial charge on any atom is -0.398 e. The molecule has 0 saturated heterocycles. The van der Waals surface area contributed by atoms with Crippen molar-refractivity contribution in [3.05, 3.63) is 23.8 Å². The van der Waals surface area contributed by atoms with Crippen molar-refractivity contribution in [1.82, 2.24) is 4.72 Å². The normalized spacial score (nSPS) is 11.8. The first kappa shape index (κ1) is 16.4. The summed E-state index contributed by atoms with van der Waals surface area (Å²) in [5.74, 6) is -0.668. The van der Waals surface area contributed by atoms with Gasteiger partial charge in [0.15, 0.2) is 0 Å². The molecule has 0 heterocycles. The number of primary amides is 1. The van der Waals surface area contributed by atoms with E-state index >= 15 is 0 Å². The molecule has 0 unspecified atom stereocenters. The summed E-state index contributed by atoms with van der Waals surface area (Å²) in [4.78, 5) is 10.9. The first-order valence-electron chi connectivity index (χ1n) is 6.04. The number of anilines is 1. The van der Waals surface area contributed by atoms with Gasteiger partial charge in [-0.05, 0) is 32.0 Å². The number of hydrogen-bond acceptors (Lipinski definition) is 5. The Hall–Kier alpha value is -1.64. The van der Waals surface area contributed by atoms with E-state index in [1.807, 2.05) is 13.8 Å². The van der Waals surface area contributed by atoms with E-state index in [9.17, 15) is 13.2 Å². The molecule has 0 saturated carbocycles. The lowest BCUT2D eigenvalue weighted by molar-refractivity contribution is 0.0834. The fourth-order valence-electron chi connectivity index (χ4n) is 1.49. The molecule has 1 amide bonds. The lowest BCUT2D eigenvalue weighted by atomic mass is 10.2. The van der Waals surface area contributed by atoms with Crippen LogP contribution in [0.1, 0.15) is 24.2 Å². The number of sulfonamides is 1. The van der Waals surface area contributed by atoms with Crippen LogP contribution >= 0.6 is 0 Å².